The molecule has 1 aliphatic rings. The molecule has 0 radical (unpaired) electrons. The number of rotatable bonds is 6. The van der Waals surface area contributed by atoms with Crippen LogP contribution in [0.5, 0.6) is 5.75 Å². The molecule has 0 aliphatic carbocycles. The quantitative estimate of drug-likeness (QED) is 0.212. The molecule has 0 N–H and O–H groups in total. The van der Waals surface area contributed by atoms with Gasteiger partial charge in [0.2, 0.25) is 0 Å². The van der Waals surface area contributed by atoms with Crippen molar-refractivity contribution < 1.29 is 28.2 Å². The van der Waals surface area contributed by atoms with Gasteiger partial charge in [-0.25, -0.2) is 9.59 Å². The Bertz CT molecular complexity index is 1600. The van der Waals surface area contributed by atoms with Crippen molar-refractivity contribution in [3.63, 3.8) is 0 Å². The van der Waals surface area contributed by atoms with Crippen molar-refractivity contribution in [1.82, 2.24) is 9.47 Å². The van der Waals surface area contributed by atoms with Gasteiger partial charge in [-0.05, 0) is 101 Å². The number of thiophene rings is 1. The molecule has 0 bridgehead atoms. The third-order valence-corrected chi connectivity index (χ3v) is 8.86. The van der Waals surface area contributed by atoms with Gasteiger partial charge < -0.3 is 14.2 Å². The van der Waals surface area contributed by atoms with Crippen LogP contribution in [-0.4, -0.2) is 47.9 Å². The highest BCUT2D eigenvalue weighted by Crippen LogP contribution is 2.43. The van der Waals surface area contributed by atoms with Crippen LogP contribution in [0.25, 0.3) is 10.9 Å². The first-order valence-electron chi connectivity index (χ1n) is 14.1. The first-order chi connectivity index (χ1) is 20.0. The maximum Gasteiger partial charge on any atom is 0.419 e. The third kappa shape index (κ3) is 6.08. The second-order valence-electron chi connectivity index (χ2n) is 11.8. The fourth-order valence-electron chi connectivity index (χ4n) is 5.89. The SMILES string of the molecule is COC(=O)c1ccc([C@@H]2CC(c3ccc(F)s3)CCN2Cc2c(OC)cc(C)c3c2ccn3C(=O)OC(C)(C)C)cc1. The number of esters is 1. The number of carbonyl (C=O) groups excluding carboxylic acids is 2. The summed E-state index contributed by atoms with van der Waals surface area (Å²) >= 11 is 1.21. The van der Waals surface area contributed by atoms with Crippen LogP contribution in [-0.2, 0) is 16.0 Å². The van der Waals surface area contributed by atoms with Crippen LogP contribution in [0, 0.1) is 12.1 Å². The third-order valence-electron chi connectivity index (χ3n) is 7.83. The van der Waals surface area contributed by atoms with E-state index in [0.29, 0.717) is 12.1 Å². The van der Waals surface area contributed by atoms with E-state index in [1.165, 1.54) is 24.5 Å². The Morgan fingerprint density at radius 3 is 2.43 bits per heavy atom. The van der Waals surface area contributed by atoms with Gasteiger partial charge in [-0.1, -0.05) is 12.1 Å². The largest absolute Gasteiger partial charge is 0.496 e. The highest BCUT2D eigenvalue weighted by atomic mass is 32.1. The number of methoxy groups -OCH3 is 2. The number of halogens is 1. The summed E-state index contributed by atoms with van der Waals surface area (Å²) in [5, 5.41) is 0.757. The van der Waals surface area contributed by atoms with Crippen LogP contribution in [0.15, 0.2) is 54.7 Å². The Morgan fingerprint density at radius 2 is 1.81 bits per heavy atom. The molecule has 1 fully saturated rings. The fraction of sp³-hybridized carbons (Fsp3) is 0.394. The summed E-state index contributed by atoms with van der Waals surface area (Å²) in [7, 11) is 3.03. The fourth-order valence-corrected chi connectivity index (χ4v) is 6.77. The standard InChI is InChI=1S/C33H37FN2O5S/c1-20-17-27(39-5)25(24-14-16-36(30(20)24)32(38)41-33(2,3)4)19-35-15-13-23(28-11-12-29(34)42-28)18-26(35)21-7-9-22(10-8-21)31(37)40-6/h7-12,14,16-17,23,26H,13,15,18-19H2,1-6H3/t23?,26-/m0/s1. The number of aromatic nitrogens is 1. The van der Waals surface area contributed by atoms with Crippen molar-refractivity contribution in [2.75, 3.05) is 20.8 Å². The second-order valence-corrected chi connectivity index (χ2v) is 12.8. The molecule has 1 unspecified atom stereocenters. The highest BCUT2D eigenvalue weighted by Gasteiger charge is 2.33. The lowest BCUT2D eigenvalue weighted by atomic mass is 9.85. The van der Waals surface area contributed by atoms with Crippen LogP contribution in [0.2, 0.25) is 0 Å². The first kappa shape index (κ1) is 29.8. The smallest absolute Gasteiger partial charge is 0.419 e. The van der Waals surface area contributed by atoms with Crippen LogP contribution in [0.4, 0.5) is 9.18 Å². The number of likely N-dealkylation sites (tertiary alicyclic amines) is 1. The Balaban J connectivity index is 1.53. The summed E-state index contributed by atoms with van der Waals surface area (Å²) < 4.78 is 32.0. The molecule has 4 aromatic rings. The molecule has 2 aromatic heterocycles. The number of hydrogen-bond acceptors (Lipinski definition) is 7. The maximum atomic E-state index is 13.9. The Morgan fingerprint density at radius 1 is 1.07 bits per heavy atom. The zero-order valence-corrected chi connectivity index (χ0v) is 25.7. The number of ether oxygens (including phenoxy) is 3. The van der Waals surface area contributed by atoms with Crippen LogP contribution in [0.1, 0.15) is 77.5 Å². The molecule has 9 heteroatoms. The van der Waals surface area contributed by atoms with Crippen molar-refractivity contribution in [3.05, 3.63) is 87.0 Å². The van der Waals surface area contributed by atoms with Gasteiger partial charge >= 0.3 is 12.1 Å². The van der Waals surface area contributed by atoms with Gasteiger partial charge in [-0.2, -0.15) is 4.39 Å². The normalized spacial score (nSPS) is 17.8. The van der Waals surface area contributed by atoms with E-state index in [0.717, 1.165) is 57.6 Å². The number of piperidine rings is 1. The minimum atomic E-state index is -0.622. The van der Waals surface area contributed by atoms with Gasteiger partial charge in [0.05, 0.1) is 25.3 Å². The van der Waals surface area contributed by atoms with Gasteiger partial charge in [-0.3, -0.25) is 9.47 Å². The number of carbonyl (C=O) groups is 2. The van der Waals surface area contributed by atoms with Gasteiger partial charge in [0.1, 0.15) is 11.4 Å². The molecule has 0 saturated carbocycles. The topological polar surface area (TPSA) is 70.0 Å². The molecule has 0 spiro atoms. The van der Waals surface area contributed by atoms with E-state index in [2.05, 4.69) is 4.90 Å². The lowest BCUT2D eigenvalue weighted by Crippen LogP contribution is -2.36. The summed E-state index contributed by atoms with van der Waals surface area (Å²) in [4.78, 5) is 28.6. The first-order valence-corrected chi connectivity index (χ1v) is 14.9. The predicted molar refractivity (Wildman–Crippen MR) is 162 cm³/mol. The lowest BCUT2D eigenvalue weighted by molar-refractivity contribution is 0.0542. The number of nitrogens with zero attached hydrogens (tertiary/aromatic N) is 2. The van der Waals surface area contributed by atoms with E-state index >= 15 is 0 Å². The van der Waals surface area contributed by atoms with Gasteiger partial charge in [-0.15, -0.1) is 11.3 Å². The van der Waals surface area contributed by atoms with E-state index in [1.54, 1.807) is 30.0 Å². The van der Waals surface area contributed by atoms with Gasteiger partial charge in [0, 0.05) is 34.6 Å². The maximum absolute atomic E-state index is 13.9. The van der Waals surface area contributed by atoms with Crippen LogP contribution < -0.4 is 4.74 Å². The van der Waals surface area contributed by atoms with Crippen molar-refractivity contribution in [3.8, 4) is 5.75 Å². The summed E-state index contributed by atoms with van der Waals surface area (Å²) in [5.41, 5.74) is 3.63. The Labute approximate surface area is 249 Å². The van der Waals surface area contributed by atoms with Crippen LogP contribution >= 0.6 is 11.3 Å². The molecule has 3 heterocycles. The van der Waals surface area contributed by atoms with Crippen LogP contribution in [0.3, 0.4) is 0 Å². The number of hydrogen-bond donors (Lipinski definition) is 0. The molecule has 2 aromatic carbocycles. The Hall–Kier alpha value is -3.69. The van der Waals surface area contributed by atoms with Crippen molar-refractivity contribution in [2.45, 2.75) is 64.6 Å². The number of aryl methyl sites for hydroxylation is 1. The van der Waals surface area contributed by atoms with E-state index < -0.39 is 11.7 Å². The highest BCUT2D eigenvalue weighted by molar-refractivity contribution is 7.10. The molecule has 222 valence electrons. The zero-order chi connectivity index (χ0) is 30.2. The molecule has 5 rings (SSSR count). The predicted octanol–water partition coefficient (Wildman–Crippen LogP) is 7.85. The molecule has 42 heavy (non-hydrogen) atoms. The molecule has 0 amide bonds. The summed E-state index contributed by atoms with van der Waals surface area (Å²) in [6.07, 6.45) is 3.01. The molecule has 1 aliphatic heterocycles. The lowest BCUT2D eigenvalue weighted by Gasteiger charge is -2.40. The van der Waals surface area contributed by atoms with E-state index in [9.17, 15) is 14.0 Å². The molecule has 1 saturated heterocycles. The van der Waals surface area contributed by atoms with E-state index in [4.69, 9.17) is 14.2 Å². The number of benzene rings is 2. The molecule has 7 nitrogen and oxygen atoms in total. The zero-order valence-electron chi connectivity index (χ0n) is 24.9. The van der Waals surface area contributed by atoms with Crippen molar-refractivity contribution in [2.24, 2.45) is 0 Å². The Kier molecular flexibility index (Phi) is 8.44. The summed E-state index contributed by atoms with van der Waals surface area (Å²) in [5.74, 6) is 0.591. The average molecular weight is 593 g/mol. The van der Waals surface area contributed by atoms with Gasteiger partial charge in [0.25, 0.3) is 0 Å². The summed E-state index contributed by atoms with van der Waals surface area (Å²) in [6.45, 7) is 8.87. The average Bonchev–Trinajstić information content (AvgIpc) is 3.60. The minimum absolute atomic E-state index is 0.00890. The molecular formula is C33H37FN2O5S. The molecular weight excluding hydrogens is 555 g/mol. The van der Waals surface area contributed by atoms with E-state index in [1.807, 2.05) is 58.0 Å². The van der Waals surface area contributed by atoms with E-state index in [-0.39, 0.29) is 23.1 Å². The van der Waals surface area contributed by atoms with Gasteiger partial charge in [0.15, 0.2) is 5.13 Å². The summed E-state index contributed by atoms with van der Waals surface area (Å²) in [6, 6.07) is 14.9. The molecule has 2 atom stereocenters. The number of fused-ring (bicyclic) bond motifs is 1. The monoisotopic (exact) mass is 592 g/mol. The second kappa shape index (κ2) is 11.9. The van der Waals surface area contributed by atoms with Crippen molar-refractivity contribution >= 4 is 34.3 Å². The van der Waals surface area contributed by atoms with Crippen molar-refractivity contribution in [1.29, 1.82) is 0 Å². The minimum Gasteiger partial charge on any atom is -0.496 e.